The van der Waals surface area contributed by atoms with Crippen molar-refractivity contribution in [2.24, 2.45) is 5.92 Å². The Morgan fingerprint density at radius 3 is 3.08 bits per heavy atom. The topological polar surface area (TPSA) is 21.3 Å². The summed E-state index contributed by atoms with van der Waals surface area (Å²) < 4.78 is 5.39. The molecule has 0 aromatic rings. The van der Waals surface area contributed by atoms with E-state index in [0.29, 0.717) is 5.37 Å². The standard InChI is InChI=1S/C9H17NOS/c1-2-8-6-12-9(10-8)7-3-4-11-5-7/h7-10H,2-6H2,1H3. The van der Waals surface area contributed by atoms with E-state index in [2.05, 4.69) is 24.0 Å². The van der Waals surface area contributed by atoms with Gasteiger partial charge < -0.3 is 10.1 Å². The molecule has 0 aromatic carbocycles. The van der Waals surface area contributed by atoms with Crippen molar-refractivity contribution in [3.05, 3.63) is 0 Å². The lowest BCUT2D eigenvalue weighted by molar-refractivity contribution is 0.183. The minimum Gasteiger partial charge on any atom is -0.381 e. The normalized spacial score (nSPS) is 42.2. The summed E-state index contributed by atoms with van der Waals surface area (Å²) in [5, 5.41) is 4.34. The molecule has 0 radical (unpaired) electrons. The summed E-state index contributed by atoms with van der Waals surface area (Å²) >= 11 is 2.08. The number of rotatable bonds is 2. The van der Waals surface area contributed by atoms with Gasteiger partial charge in [-0.25, -0.2) is 0 Å². The molecule has 70 valence electrons. The monoisotopic (exact) mass is 187 g/mol. The largest absolute Gasteiger partial charge is 0.381 e. The second-order valence-corrected chi connectivity index (χ2v) is 4.82. The van der Waals surface area contributed by atoms with Crippen LogP contribution in [-0.4, -0.2) is 30.4 Å². The van der Waals surface area contributed by atoms with E-state index in [1.807, 2.05) is 0 Å². The van der Waals surface area contributed by atoms with Crippen LogP contribution in [0.3, 0.4) is 0 Å². The van der Waals surface area contributed by atoms with E-state index in [9.17, 15) is 0 Å². The van der Waals surface area contributed by atoms with Crippen LogP contribution in [-0.2, 0) is 4.74 Å². The Morgan fingerprint density at radius 1 is 1.58 bits per heavy atom. The van der Waals surface area contributed by atoms with Crippen molar-refractivity contribution in [2.45, 2.75) is 31.2 Å². The van der Waals surface area contributed by atoms with Gasteiger partial charge in [-0.2, -0.15) is 0 Å². The highest BCUT2D eigenvalue weighted by Gasteiger charge is 2.31. The van der Waals surface area contributed by atoms with Crippen LogP contribution >= 0.6 is 11.8 Å². The van der Waals surface area contributed by atoms with Gasteiger partial charge in [0.05, 0.1) is 12.0 Å². The van der Waals surface area contributed by atoms with Crippen LogP contribution in [0.2, 0.25) is 0 Å². The van der Waals surface area contributed by atoms with Gasteiger partial charge >= 0.3 is 0 Å². The number of thioether (sulfide) groups is 1. The Hall–Kier alpha value is 0.270. The maximum Gasteiger partial charge on any atom is 0.0586 e. The molecule has 0 spiro atoms. The molecule has 0 bridgehead atoms. The molecule has 0 amide bonds. The van der Waals surface area contributed by atoms with Crippen LogP contribution in [0.25, 0.3) is 0 Å². The van der Waals surface area contributed by atoms with Crippen molar-refractivity contribution in [3.63, 3.8) is 0 Å². The van der Waals surface area contributed by atoms with E-state index in [0.717, 1.165) is 25.2 Å². The number of hydrogen-bond donors (Lipinski definition) is 1. The van der Waals surface area contributed by atoms with Gasteiger partial charge in [-0.3, -0.25) is 0 Å². The van der Waals surface area contributed by atoms with Crippen molar-refractivity contribution in [1.82, 2.24) is 5.32 Å². The molecule has 2 aliphatic heterocycles. The minimum absolute atomic E-state index is 0.678. The van der Waals surface area contributed by atoms with Crippen molar-refractivity contribution in [3.8, 4) is 0 Å². The lowest BCUT2D eigenvalue weighted by Crippen LogP contribution is -2.34. The van der Waals surface area contributed by atoms with Crippen LogP contribution in [0.4, 0.5) is 0 Å². The lowest BCUT2D eigenvalue weighted by atomic mass is 10.1. The van der Waals surface area contributed by atoms with Crippen LogP contribution in [0.5, 0.6) is 0 Å². The van der Waals surface area contributed by atoms with E-state index in [1.165, 1.54) is 18.6 Å². The maximum absolute atomic E-state index is 5.39. The maximum atomic E-state index is 5.39. The minimum atomic E-state index is 0.678. The van der Waals surface area contributed by atoms with Crippen LogP contribution < -0.4 is 5.32 Å². The van der Waals surface area contributed by atoms with Crippen molar-refractivity contribution < 1.29 is 4.74 Å². The number of nitrogens with one attached hydrogen (secondary N) is 1. The number of hydrogen-bond acceptors (Lipinski definition) is 3. The molecule has 2 rings (SSSR count). The fourth-order valence-electron chi connectivity index (χ4n) is 1.85. The third-order valence-corrected chi connectivity index (χ3v) is 4.24. The smallest absolute Gasteiger partial charge is 0.0586 e. The summed E-state index contributed by atoms with van der Waals surface area (Å²) in [6.45, 7) is 4.20. The van der Waals surface area contributed by atoms with Crippen molar-refractivity contribution in [2.75, 3.05) is 19.0 Å². The zero-order valence-corrected chi connectivity index (χ0v) is 8.40. The first-order valence-electron chi connectivity index (χ1n) is 4.85. The molecule has 3 unspecified atom stereocenters. The molecule has 2 saturated heterocycles. The van der Waals surface area contributed by atoms with Gasteiger partial charge in [-0.05, 0) is 12.8 Å². The molecule has 3 atom stereocenters. The summed E-state index contributed by atoms with van der Waals surface area (Å²) in [6, 6.07) is 0.751. The first-order chi connectivity index (χ1) is 5.90. The van der Waals surface area contributed by atoms with Crippen LogP contribution in [0, 0.1) is 5.92 Å². The second-order valence-electron chi connectivity index (χ2n) is 3.65. The third kappa shape index (κ3) is 1.78. The Bertz CT molecular complexity index is 147. The summed E-state index contributed by atoms with van der Waals surface area (Å²) in [7, 11) is 0. The average molecular weight is 187 g/mol. The highest BCUT2D eigenvalue weighted by atomic mass is 32.2. The molecule has 1 N–H and O–H groups in total. The lowest BCUT2D eigenvalue weighted by Gasteiger charge is -2.17. The van der Waals surface area contributed by atoms with Gasteiger partial charge in [-0.1, -0.05) is 6.92 Å². The quantitative estimate of drug-likeness (QED) is 0.707. The molecule has 3 heteroatoms. The Labute approximate surface area is 78.4 Å². The summed E-state index contributed by atoms with van der Waals surface area (Å²) in [5.74, 6) is 2.06. The Kier molecular flexibility index (Phi) is 2.94. The predicted molar refractivity (Wildman–Crippen MR) is 52.4 cm³/mol. The van der Waals surface area contributed by atoms with Crippen LogP contribution in [0.15, 0.2) is 0 Å². The van der Waals surface area contributed by atoms with E-state index >= 15 is 0 Å². The highest BCUT2D eigenvalue weighted by Crippen LogP contribution is 2.30. The molecular formula is C9H17NOS. The molecule has 2 heterocycles. The van der Waals surface area contributed by atoms with Crippen molar-refractivity contribution in [1.29, 1.82) is 0 Å². The predicted octanol–water partition coefficient (Wildman–Crippen LogP) is 1.46. The first-order valence-corrected chi connectivity index (χ1v) is 5.90. The van der Waals surface area contributed by atoms with Gasteiger partial charge in [0.15, 0.2) is 0 Å². The molecule has 2 fully saturated rings. The first kappa shape index (κ1) is 8.85. The zero-order chi connectivity index (χ0) is 8.39. The summed E-state index contributed by atoms with van der Waals surface area (Å²) in [6.07, 6.45) is 2.51. The zero-order valence-electron chi connectivity index (χ0n) is 7.58. The second kappa shape index (κ2) is 3.99. The average Bonchev–Trinajstić information content (AvgIpc) is 2.75. The molecule has 2 aliphatic rings. The SMILES string of the molecule is CCC1CSC(C2CCOC2)N1. The van der Waals surface area contributed by atoms with E-state index in [-0.39, 0.29) is 0 Å². The third-order valence-electron chi connectivity index (χ3n) is 2.76. The molecule has 0 aliphatic carbocycles. The molecule has 12 heavy (non-hydrogen) atoms. The molecule has 0 aromatic heterocycles. The summed E-state index contributed by atoms with van der Waals surface area (Å²) in [5.41, 5.74) is 0. The molecule has 2 nitrogen and oxygen atoms in total. The van der Waals surface area contributed by atoms with E-state index in [4.69, 9.17) is 4.74 Å². The van der Waals surface area contributed by atoms with Gasteiger partial charge in [0.2, 0.25) is 0 Å². The van der Waals surface area contributed by atoms with Gasteiger partial charge in [-0.15, -0.1) is 11.8 Å². The van der Waals surface area contributed by atoms with E-state index < -0.39 is 0 Å². The Morgan fingerprint density at radius 2 is 2.50 bits per heavy atom. The van der Waals surface area contributed by atoms with Crippen molar-refractivity contribution >= 4 is 11.8 Å². The highest BCUT2D eigenvalue weighted by molar-refractivity contribution is 8.00. The fraction of sp³-hybridized carbons (Fsp3) is 1.00. The number of ether oxygens (including phenoxy) is 1. The molecular weight excluding hydrogens is 170 g/mol. The van der Waals surface area contributed by atoms with E-state index in [1.54, 1.807) is 0 Å². The molecule has 0 saturated carbocycles. The van der Waals surface area contributed by atoms with Gasteiger partial charge in [0, 0.05) is 24.3 Å². The van der Waals surface area contributed by atoms with Gasteiger partial charge in [0.25, 0.3) is 0 Å². The fourth-order valence-corrected chi connectivity index (χ4v) is 3.39. The Balaban J connectivity index is 1.81. The van der Waals surface area contributed by atoms with Crippen LogP contribution in [0.1, 0.15) is 19.8 Å². The van der Waals surface area contributed by atoms with Gasteiger partial charge in [0.1, 0.15) is 0 Å². The summed E-state index contributed by atoms with van der Waals surface area (Å²) in [4.78, 5) is 0.